The molecule has 0 heterocycles. The Labute approximate surface area is 55.5 Å². The van der Waals surface area contributed by atoms with E-state index in [2.05, 4.69) is 0 Å². The van der Waals surface area contributed by atoms with Crippen molar-refractivity contribution in [3.8, 4) is 0 Å². The van der Waals surface area contributed by atoms with E-state index in [1.54, 1.807) is 0 Å². The van der Waals surface area contributed by atoms with Crippen LogP contribution in [0.1, 0.15) is 0 Å². The molecule has 0 rings (SSSR count). The molecule has 5 heavy (non-hydrogen) atoms. The number of halogens is 4. The third kappa shape index (κ3) is 32.2. The Morgan fingerprint density at radius 1 is 1.20 bits per heavy atom. The zero-order valence-electron chi connectivity index (χ0n) is 2.09. The van der Waals surface area contributed by atoms with Crippen molar-refractivity contribution in [1.82, 2.24) is 0 Å². The molecule has 0 aliphatic carbocycles. The van der Waals surface area contributed by atoms with E-state index in [9.17, 15) is 8.63 Å². The lowest BCUT2D eigenvalue weighted by Crippen LogP contribution is -1.94. The maximum absolute atomic E-state index is 11.1. The fraction of sp³-hybridized carbons (Fsp3) is 0. The van der Waals surface area contributed by atoms with Gasteiger partial charge in [0.05, 0.1) is 0 Å². The molecule has 0 aromatic rings. The second kappa shape index (κ2) is 1.90. The van der Waals surface area contributed by atoms with Gasteiger partial charge in [0.25, 0.3) is 0 Å². The molecule has 0 atom stereocenters. The molecule has 0 amide bonds. The summed E-state index contributed by atoms with van der Waals surface area (Å²) < 4.78 is 19.1. The van der Waals surface area contributed by atoms with Crippen LogP contribution >= 0.6 is 44.7 Å². The van der Waals surface area contributed by atoms with E-state index in [1.165, 1.54) is 0 Å². The molecule has 0 bridgehead atoms. The first-order chi connectivity index (χ1) is 2.00. The fourth-order valence-corrected chi connectivity index (χ4v) is 0. The topological polar surface area (TPSA) is 0 Å². The molecular formula is BF2I2-. The Hall–Kier alpha value is 1.38. The van der Waals surface area contributed by atoms with Gasteiger partial charge in [-0.15, -0.1) is 0 Å². The minimum atomic E-state index is -3.06. The lowest BCUT2D eigenvalue weighted by molar-refractivity contribution is 0.701. The highest BCUT2D eigenvalue weighted by Gasteiger charge is 2.08. The van der Waals surface area contributed by atoms with Crippen molar-refractivity contribution in [2.75, 3.05) is 0 Å². The molecule has 0 aliphatic heterocycles. The Balaban J connectivity index is 3.02. The van der Waals surface area contributed by atoms with Crippen LogP contribution in [0.2, 0.25) is 0 Å². The average Bonchev–Trinajstić information content (AvgIpc) is 0.722. The average molecular weight is 303 g/mol. The van der Waals surface area contributed by atoms with Crippen LogP contribution in [0.15, 0.2) is 0 Å². The minimum absolute atomic E-state index is 1.09. The standard InChI is InChI=1S/BF2I2/c2-1(3,4)5/q-1. The highest BCUT2D eigenvalue weighted by Crippen LogP contribution is 2.23. The van der Waals surface area contributed by atoms with Gasteiger partial charge in [0, 0.05) is 0 Å². The predicted molar refractivity (Wildman–Crippen MR) is 36.0 cm³/mol. The van der Waals surface area contributed by atoms with Crippen LogP contribution in [-0.4, -0.2) is 2.41 Å². The summed E-state index contributed by atoms with van der Waals surface area (Å²) in [7, 11) is 0. The van der Waals surface area contributed by atoms with E-state index in [-0.39, 0.29) is 0 Å². The molecular weight excluding hydrogens is 303 g/mol. The van der Waals surface area contributed by atoms with Crippen LogP contribution in [0, 0.1) is 0 Å². The highest BCUT2D eigenvalue weighted by molar-refractivity contribution is 14.3. The lowest BCUT2D eigenvalue weighted by atomic mass is 10.6. The molecule has 0 aromatic carbocycles. The van der Waals surface area contributed by atoms with E-state index < -0.39 is 2.41 Å². The Kier molecular flexibility index (Phi) is 2.42. The van der Waals surface area contributed by atoms with Crippen LogP contribution in [0.25, 0.3) is 0 Å². The SMILES string of the molecule is F[B-](F)(I)I. The van der Waals surface area contributed by atoms with Gasteiger partial charge in [0.1, 0.15) is 0 Å². The zero-order valence-corrected chi connectivity index (χ0v) is 6.40. The largest absolute Gasteiger partial charge is 0.459 e. The smallest absolute Gasteiger partial charge is 0.426 e. The number of rotatable bonds is 0. The van der Waals surface area contributed by atoms with Crippen LogP contribution in [0.5, 0.6) is 0 Å². The minimum Gasteiger partial charge on any atom is -0.459 e. The maximum atomic E-state index is 11.1. The summed E-state index contributed by atoms with van der Waals surface area (Å²) >= 11 is 2.19. The van der Waals surface area contributed by atoms with Gasteiger partial charge >= 0.3 is 2.41 Å². The van der Waals surface area contributed by atoms with Gasteiger partial charge in [0.2, 0.25) is 0 Å². The van der Waals surface area contributed by atoms with Crippen LogP contribution in [0.4, 0.5) is 8.63 Å². The van der Waals surface area contributed by atoms with E-state index in [4.69, 9.17) is 0 Å². The summed E-state index contributed by atoms with van der Waals surface area (Å²) in [5.41, 5.74) is 0. The van der Waals surface area contributed by atoms with E-state index in [0.717, 1.165) is 44.7 Å². The molecule has 0 aliphatic rings. The lowest BCUT2D eigenvalue weighted by Gasteiger charge is -2.01. The van der Waals surface area contributed by atoms with Crippen molar-refractivity contribution in [3.63, 3.8) is 0 Å². The molecule has 0 unspecified atom stereocenters. The van der Waals surface area contributed by atoms with Crippen molar-refractivity contribution in [3.05, 3.63) is 0 Å². The molecule has 0 N–H and O–H groups in total. The van der Waals surface area contributed by atoms with Crippen molar-refractivity contribution >= 4 is 47.2 Å². The van der Waals surface area contributed by atoms with Crippen molar-refractivity contribution < 1.29 is 8.63 Å². The van der Waals surface area contributed by atoms with Gasteiger partial charge in [-0.1, -0.05) is 0 Å². The summed E-state index contributed by atoms with van der Waals surface area (Å²) in [6.45, 7) is 0. The maximum Gasteiger partial charge on any atom is 0.426 e. The molecule has 0 saturated carbocycles. The quantitative estimate of drug-likeness (QED) is 0.475. The molecule has 0 nitrogen and oxygen atoms in total. The number of hydrogen-bond donors (Lipinski definition) is 0. The van der Waals surface area contributed by atoms with Gasteiger partial charge < -0.3 is 8.63 Å². The fourth-order valence-electron chi connectivity index (χ4n) is 0. The first-order valence-corrected chi connectivity index (χ1v) is 3.36. The van der Waals surface area contributed by atoms with Crippen molar-refractivity contribution in [2.24, 2.45) is 0 Å². The van der Waals surface area contributed by atoms with Gasteiger partial charge in [-0.05, 0) is 0 Å². The Bertz CT molecular complexity index is 23.1. The molecule has 0 fully saturated rings. The molecule has 5 heteroatoms. The molecule has 0 spiro atoms. The number of hydrogen-bond acceptors (Lipinski definition) is 0. The highest BCUT2D eigenvalue weighted by atomic mass is 127. The van der Waals surface area contributed by atoms with E-state index >= 15 is 0 Å². The predicted octanol–water partition coefficient (Wildman–Crippen LogP) is 2.23. The van der Waals surface area contributed by atoms with Crippen LogP contribution < -0.4 is 0 Å². The summed E-state index contributed by atoms with van der Waals surface area (Å²) in [4.78, 5) is 0. The summed E-state index contributed by atoms with van der Waals surface area (Å²) in [5, 5.41) is 0. The zero-order chi connectivity index (χ0) is 4.50. The third-order valence-corrected chi connectivity index (χ3v) is 0. The van der Waals surface area contributed by atoms with E-state index in [1.807, 2.05) is 0 Å². The molecule has 0 radical (unpaired) electrons. The molecule has 0 saturated heterocycles. The summed E-state index contributed by atoms with van der Waals surface area (Å²) in [6.07, 6.45) is 0. The Morgan fingerprint density at radius 2 is 1.20 bits per heavy atom. The third-order valence-electron chi connectivity index (χ3n) is 0. The summed E-state index contributed by atoms with van der Waals surface area (Å²) in [5.74, 6) is 0. The molecule has 32 valence electrons. The van der Waals surface area contributed by atoms with E-state index in [0.29, 0.717) is 0 Å². The molecule has 0 aromatic heterocycles. The normalized spacial score (nSPS) is 12.0. The van der Waals surface area contributed by atoms with Crippen LogP contribution in [-0.2, 0) is 0 Å². The first kappa shape index (κ1) is 6.38. The van der Waals surface area contributed by atoms with Gasteiger partial charge in [-0.3, -0.25) is 44.7 Å². The Morgan fingerprint density at radius 3 is 1.20 bits per heavy atom. The first-order valence-electron chi connectivity index (χ1n) is 0.873. The second-order valence-corrected chi connectivity index (χ2v) is 6.01. The second-order valence-electron chi connectivity index (χ2n) is 0.495. The van der Waals surface area contributed by atoms with Crippen molar-refractivity contribution in [2.45, 2.75) is 0 Å². The van der Waals surface area contributed by atoms with Gasteiger partial charge in [0.15, 0.2) is 0 Å². The van der Waals surface area contributed by atoms with Gasteiger partial charge in [-0.2, -0.15) is 0 Å². The summed E-state index contributed by atoms with van der Waals surface area (Å²) in [6, 6.07) is 0. The van der Waals surface area contributed by atoms with Crippen molar-refractivity contribution in [1.29, 1.82) is 0 Å². The monoisotopic (exact) mass is 303 g/mol. The van der Waals surface area contributed by atoms with Gasteiger partial charge in [-0.25, -0.2) is 0 Å². The van der Waals surface area contributed by atoms with Crippen LogP contribution in [0.3, 0.4) is 0 Å².